The van der Waals surface area contributed by atoms with Crippen LogP contribution in [0.1, 0.15) is 23.2 Å². The Hall–Kier alpha value is -2.93. The van der Waals surface area contributed by atoms with E-state index in [1.165, 1.54) is 19.2 Å². The van der Waals surface area contributed by atoms with Gasteiger partial charge in [-0.3, -0.25) is 9.59 Å². The molecule has 0 aliphatic carbocycles. The van der Waals surface area contributed by atoms with Crippen LogP contribution >= 0.6 is 11.6 Å². The number of halogens is 1. The zero-order valence-electron chi connectivity index (χ0n) is 15.5. The predicted octanol–water partition coefficient (Wildman–Crippen LogP) is 3.07. The number of para-hydroxylation sites is 2. The SMILES string of the molecule is COc1cc(C(=O)Nc2ccccc2N2CCCC2)cc(Cl)c1OCC(N)=O. The molecule has 2 aromatic rings. The average Bonchev–Trinajstić information content (AvgIpc) is 3.21. The number of nitrogens with two attached hydrogens (primary N) is 1. The number of carbonyl (C=O) groups excluding carboxylic acids is 2. The number of ether oxygens (including phenoxy) is 2. The molecule has 1 aliphatic heterocycles. The third kappa shape index (κ3) is 4.48. The van der Waals surface area contributed by atoms with Gasteiger partial charge in [-0.1, -0.05) is 23.7 Å². The first-order chi connectivity index (χ1) is 13.5. The Bertz CT molecular complexity index is 882. The Morgan fingerprint density at radius 1 is 1.21 bits per heavy atom. The number of hydrogen-bond acceptors (Lipinski definition) is 5. The number of nitrogens with zero attached hydrogens (tertiary/aromatic N) is 1. The van der Waals surface area contributed by atoms with Crippen LogP contribution in [0.2, 0.25) is 5.02 Å². The number of primary amides is 1. The summed E-state index contributed by atoms with van der Waals surface area (Å²) in [6.07, 6.45) is 2.28. The van der Waals surface area contributed by atoms with Gasteiger partial charge in [-0.05, 0) is 37.1 Å². The number of amides is 2. The van der Waals surface area contributed by atoms with E-state index in [1.54, 1.807) is 0 Å². The zero-order chi connectivity index (χ0) is 20.1. The summed E-state index contributed by atoms with van der Waals surface area (Å²) in [7, 11) is 1.42. The van der Waals surface area contributed by atoms with E-state index in [-0.39, 0.29) is 29.0 Å². The molecule has 0 saturated carbocycles. The molecule has 0 aromatic heterocycles. The van der Waals surface area contributed by atoms with E-state index in [4.69, 9.17) is 26.8 Å². The summed E-state index contributed by atoms with van der Waals surface area (Å²) in [6.45, 7) is 1.60. The van der Waals surface area contributed by atoms with Crippen LogP contribution in [0.15, 0.2) is 36.4 Å². The second kappa shape index (κ2) is 8.84. The monoisotopic (exact) mass is 403 g/mol. The van der Waals surface area contributed by atoms with E-state index in [2.05, 4.69) is 10.2 Å². The van der Waals surface area contributed by atoms with E-state index in [0.717, 1.165) is 37.3 Å². The molecular formula is C20H22ClN3O4. The van der Waals surface area contributed by atoms with Gasteiger partial charge in [-0.25, -0.2) is 0 Å². The van der Waals surface area contributed by atoms with Crippen LogP contribution < -0.4 is 25.4 Å². The van der Waals surface area contributed by atoms with Gasteiger partial charge in [-0.15, -0.1) is 0 Å². The lowest BCUT2D eigenvalue weighted by atomic mass is 10.1. The maximum Gasteiger partial charge on any atom is 0.255 e. The largest absolute Gasteiger partial charge is 0.493 e. The molecule has 148 valence electrons. The molecule has 3 N–H and O–H groups in total. The lowest BCUT2D eigenvalue weighted by molar-refractivity contribution is -0.119. The number of carbonyl (C=O) groups is 2. The first kappa shape index (κ1) is 19.8. The molecule has 0 atom stereocenters. The highest BCUT2D eigenvalue weighted by Crippen LogP contribution is 2.37. The molecule has 28 heavy (non-hydrogen) atoms. The third-order valence-corrected chi connectivity index (χ3v) is 4.73. The number of rotatable bonds is 7. The standard InChI is InChI=1S/C20H22ClN3O4/c1-27-17-11-13(10-14(21)19(17)28-12-18(22)25)20(26)23-15-6-2-3-7-16(15)24-8-4-5-9-24/h2-3,6-7,10-11H,4-5,8-9,12H2,1H3,(H2,22,25)(H,23,26). The molecule has 2 aromatic carbocycles. The second-order valence-corrected chi connectivity index (χ2v) is 6.82. The van der Waals surface area contributed by atoms with Crippen LogP contribution in [-0.2, 0) is 4.79 Å². The Kier molecular flexibility index (Phi) is 6.26. The van der Waals surface area contributed by atoms with E-state index in [0.29, 0.717) is 5.56 Å². The van der Waals surface area contributed by atoms with Crippen molar-refractivity contribution < 1.29 is 19.1 Å². The summed E-state index contributed by atoms with van der Waals surface area (Å²) >= 11 is 6.23. The summed E-state index contributed by atoms with van der Waals surface area (Å²) in [5.74, 6) is -0.560. The van der Waals surface area contributed by atoms with Gasteiger partial charge < -0.3 is 25.4 Å². The van der Waals surface area contributed by atoms with Gasteiger partial charge in [0.05, 0.1) is 23.5 Å². The first-order valence-electron chi connectivity index (χ1n) is 8.93. The summed E-state index contributed by atoms with van der Waals surface area (Å²) < 4.78 is 10.5. The van der Waals surface area contributed by atoms with E-state index in [1.807, 2.05) is 24.3 Å². The molecule has 7 nitrogen and oxygen atoms in total. The van der Waals surface area contributed by atoms with Crippen molar-refractivity contribution >= 4 is 34.8 Å². The summed E-state index contributed by atoms with van der Waals surface area (Å²) in [5.41, 5.74) is 7.13. The van der Waals surface area contributed by atoms with E-state index >= 15 is 0 Å². The molecule has 1 fully saturated rings. The fourth-order valence-corrected chi connectivity index (χ4v) is 3.41. The van der Waals surface area contributed by atoms with Crippen LogP contribution in [0.3, 0.4) is 0 Å². The third-order valence-electron chi connectivity index (χ3n) is 4.45. The molecule has 2 amide bonds. The van der Waals surface area contributed by atoms with Crippen LogP contribution in [0, 0.1) is 0 Å². The van der Waals surface area contributed by atoms with Gasteiger partial charge in [0.2, 0.25) is 0 Å². The fourth-order valence-electron chi connectivity index (χ4n) is 3.14. The minimum atomic E-state index is -0.640. The van der Waals surface area contributed by atoms with Gasteiger partial charge in [-0.2, -0.15) is 0 Å². The Morgan fingerprint density at radius 3 is 2.61 bits per heavy atom. The van der Waals surface area contributed by atoms with Gasteiger partial charge in [0.25, 0.3) is 11.8 Å². The molecule has 1 saturated heterocycles. The Labute approximate surface area is 168 Å². The lowest BCUT2D eigenvalue weighted by Gasteiger charge is -2.21. The molecule has 8 heteroatoms. The van der Waals surface area contributed by atoms with Gasteiger partial charge in [0, 0.05) is 18.7 Å². The highest BCUT2D eigenvalue weighted by atomic mass is 35.5. The first-order valence-corrected chi connectivity index (χ1v) is 9.31. The van der Waals surface area contributed by atoms with E-state index in [9.17, 15) is 9.59 Å². The molecule has 0 radical (unpaired) electrons. The van der Waals surface area contributed by atoms with Crippen molar-refractivity contribution in [2.75, 3.05) is 37.0 Å². The molecule has 1 heterocycles. The van der Waals surface area contributed by atoms with E-state index < -0.39 is 5.91 Å². The van der Waals surface area contributed by atoms with Gasteiger partial charge in [0.15, 0.2) is 18.1 Å². The van der Waals surface area contributed by atoms with Crippen LogP contribution in [-0.4, -0.2) is 38.6 Å². The predicted molar refractivity (Wildman–Crippen MR) is 109 cm³/mol. The molecule has 0 spiro atoms. The highest BCUT2D eigenvalue weighted by molar-refractivity contribution is 6.32. The summed E-state index contributed by atoms with van der Waals surface area (Å²) in [5, 5.41) is 3.09. The van der Waals surface area contributed by atoms with Gasteiger partial charge >= 0.3 is 0 Å². The average molecular weight is 404 g/mol. The van der Waals surface area contributed by atoms with Crippen LogP contribution in [0.25, 0.3) is 0 Å². The molecule has 1 aliphatic rings. The molecule has 0 unspecified atom stereocenters. The number of methoxy groups -OCH3 is 1. The maximum absolute atomic E-state index is 12.8. The highest BCUT2D eigenvalue weighted by Gasteiger charge is 2.19. The topological polar surface area (TPSA) is 93.9 Å². The summed E-state index contributed by atoms with van der Waals surface area (Å²) in [6, 6.07) is 10.7. The second-order valence-electron chi connectivity index (χ2n) is 6.41. The smallest absolute Gasteiger partial charge is 0.255 e. The Morgan fingerprint density at radius 2 is 1.93 bits per heavy atom. The number of benzene rings is 2. The minimum absolute atomic E-state index is 0.151. The van der Waals surface area contributed by atoms with Crippen molar-refractivity contribution in [3.8, 4) is 11.5 Å². The van der Waals surface area contributed by atoms with Crippen molar-refractivity contribution in [2.24, 2.45) is 5.73 Å². The Balaban J connectivity index is 1.83. The van der Waals surface area contributed by atoms with Crippen LogP contribution in [0.4, 0.5) is 11.4 Å². The molecule has 3 rings (SSSR count). The summed E-state index contributed by atoms with van der Waals surface area (Å²) in [4.78, 5) is 26.0. The van der Waals surface area contributed by atoms with Crippen LogP contribution in [0.5, 0.6) is 11.5 Å². The maximum atomic E-state index is 12.8. The normalized spacial score (nSPS) is 13.3. The van der Waals surface area contributed by atoms with Crippen molar-refractivity contribution in [1.29, 1.82) is 0 Å². The fraction of sp³-hybridized carbons (Fsp3) is 0.300. The van der Waals surface area contributed by atoms with Gasteiger partial charge in [0.1, 0.15) is 0 Å². The van der Waals surface area contributed by atoms with Crippen molar-refractivity contribution in [3.05, 3.63) is 47.0 Å². The van der Waals surface area contributed by atoms with Crippen molar-refractivity contribution in [3.63, 3.8) is 0 Å². The number of hydrogen-bond donors (Lipinski definition) is 2. The molecular weight excluding hydrogens is 382 g/mol. The number of anilines is 2. The minimum Gasteiger partial charge on any atom is -0.493 e. The quantitative estimate of drug-likeness (QED) is 0.741. The van der Waals surface area contributed by atoms with Crippen molar-refractivity contribution in [2.45, 2.75) is 12.8 Å². The number of nitrogens with one attached hydrogen (secondary N) is 1. The molecule has 0 bridgehead atoms. The lowest BCUT2D eigenvalue weighted by Crippen LogP contribution is -2.21. The zero-order valence-corrected chi connectivity index (χ0v) is 16.3. The van der Waals surface area contributed by atoms with Crippen molar-refractivity contribution in [1.82, 2.24) is 0 Å².